The van der Waals surface area contributed by atoms with Crippen molar-refractivity contribution in [1.29, 1.82) is 0 Å². The van der Waals surface area contributed by atoms with Crippen molar-refractivity contribution >= 4 is 5.97 Å². The smallest absolute Gasteiger partial charge is 0.329 e. The molecule has 0 aromatic heterocycles. The monoisotopic (exact) mass is 187 g/mol. The van der Waals surface area contributed by atoms with Crippen LogP contribution in [0.25, 0.3) is 0 Å². The van der Waals surface area contributed by atoms with Crippen LogP contribution < -0.4 is 0 Å². The summed E-state index contributed by atoms with van der Waals surface area (Å²) in [5.41, 5.74) is 0. The van der Waals surface area contributed by atoms with E-state index in [1.165, 1.54) is 13.1 Å². The van der Waals surface area contributed by atoms with E-state index < -0.39 is 5.97 Å². The van der Waals surface area contributed by atoms with Crippen molar-refractivity contribution < 1.29 is 14.6 Å². The molecule has 0 amide bonds. The van der Waals surface area contributed by atoms with Crippen LogP contribution >= 0.6 is 0 Å². The highest BCUT2D eigenvalue weighted by atomic mass is 16.5. The molecule has 4 nitrogen and oxygen atoms in total. The lowest BCUT2D eigenvalue weighted by atomic mass is 9.96. The third-order valence-corrected chi connectivity index (χ3v) is 2.27. The summed E-state index contributed by atoms with van der Waals surface area (Å²) in [6.07, 6.45) is 2.13. The summed E-state index contributed by atoms with van der Waals surface area (Å²) in [7, 11) is 2.11. The van der Waals surface area contributed by atoms with Gasteiger partial charge >= 0.3 is 5.97 Å². The van der Waals surface area contributed by atoms with Crippen molar-refractivity contribution in [2.24, 2.45) is 5.92 Å². The molecule has 0 atom stereocenters. The molecule has 0 saturated carbocycles. The van der Waals surface area contributed by atoms with Crippen molar-refractivity contribution in [3.63, 3.8) is 0 Å². The fraction of sp³-hybridized carbons (Fsp3) is 0.889. The van der Waals surface area contributed by atoms with E-state index in [0.29, 0.717) is 6.61 Å². The zero-order valence-electron chi connectivity index (χ0n) is 8.03. The molecule has 0 spiro atoms. The highest BCUT2D eigenvalue weighted by molar-refractivity contribution is 5.67. The van der Waals surface area contributed by atoms with Crippen LogP contribution in [0.15, 0.2) is 0 Å². The molecule has 1 aliphatic heterocycles. The molecule has 13 heavy (non-hydrogen) atoms. The van der Waals surface area contributed by atoms with Gasteiger partial charge in [-0.15, -0.1) is 0 Å². The van der Waals surface area contributed by atoms with Gasteiger partial charge in [-0.05, 0) is 25.8 Å². The Kier molecular flexibility index (Phi) is 4.18. The average Bonchev–Trinajstić information content (AvgIpc) is 1.99. The molecule has 0 aliphatic carbocycles. The Bertz CT molecular complexity index is 166. The molecule has 0 bridgehead atoms. The van der Waals surface area contributed by atoms with Crippen molar-refractivity contribution in [2.75, 3.05) is 33.4 Å². The number of carboxylic acid groups (broad SMARTS) is 1. The third-order valence-electron chi connectivity index (χ3n) is 2.27. The molecule has 0 aromatic rings. The fourth-order valence-electron chi connectivity index (χ4n) is 1.64. The van der Waals surface area contributed by atoms with Crippen LogP contribution in [0.1, 0.15) is 12.8 Å². The van der Waals surface area contributed by atoms with Crippen LogP contribution in [0.3, 0.4) is 0 Å². The van der Waals surface area contributed by atoms with Gasteiger partial charge in [-0.2, -0.15) is 0 Å². The molecule has 76 valence electrons. The highest BCUT2D eigenvalue weighted by Crippen LogP contribution is 2.17. The van der Waals surface area contributed by atoms with Crippen LogP contribution in [0.4, 0.5) is 0 Å². The summed E-state index contributed by atoms with van der Waals surface area (Å²) in [5.74, 6) is -0.0817. The summed E-state index contributed by atoms with van der Waals surface area (Å²) in [5, 5.41) is 8.28. The average molecular weight is 187 g/mol. The molecular weight excluding hydrogens is 170 g/mol. The summed E-state index contributed by atoms with van der Waals surface area (Å²) in [6, 6.07) is 0. The maximum absolute atomic E-state index is 10.1. The third kappa shape index (κ3) is 4.24. The van der Waals surface area contributed by atoms with Crippen LogP contribution in [0, 0.1) is 5.92 Å². The van der Waals surface area contributed by atoms with E-state index in [2.05, 4.69) is 11.9 Å². The Morgan fingerprint density at radius 1 is 1.62 bits per heavy atom. The van der Waals surface area contributed by atoms with Gasteiger partial charge in [0.1, 0.15) is 6.61 Å². The molecule has 1 aliphatic rings. The van der Waals surface area contributed by atoms with E-state index >= 15 is 0 Å². The molecule has 1 rings (SSSR count). The molecular formula is C9H17NO3. The number of ether oxygens (including phenoxy) is 1. The largest absolute Gasteiger partial charge is 0.480 e. The molecule has 1 fully saturated rings. The summed E-state index contributed by atoms with van der Waals surface area (Å²) >= 11 is 0. The quantitative estimate of drug-likeness (QED) is 0.613. The second-order valence-electron chi connectivity index (χ2n) is 3.68. The van der Waals surface area contributed by atoms with Crippen LogP contribution in [0.5, 0.6) is 0 Å². The van der Waals surface area contributed by atoms with E-state index in [0.717, 1.165) is 18.8 Å². The molecule has 0 aromatic carbocycles. The van der Waals surface area contributed by atoms with Crippen molar-refractivity contribution in [2.45, 2.75) is 12.8 Å². The first kappa shape index (κ1) is 10.5. The van der Waals surface area contributed by atoms with Crippen LogP contribution in [-0.4, -0.2) is 49.3 Å². The van der Waals surface area contributed by atoms with E-state index in [4.69, 9.17) is 9.84 Å². The molecule has 4 heteroatoms. The first-order valence-electron chi connectivity index (χ1n) is 4.66. The Morgan fingerprint density at radius 2 is 2.31 bits per heavy atom. The van der Waals surface area contributed by atoms with Crippen LogP contribution in [0.2, 0.25) is 0 Å². The normalized spacial score (nSPS) is 18.5. The molecule has 0 radical (unpaired) electrons. The first-order valence-corrected chi connectivity index (χ1v) is 4.66. The van der Waals surface area contributed by atoms with Gasteiger partial charge in [0.05, 0.1) is 0 Å². The number of carbonyl (C=O) groups is 1. The lowest BCUT2D eigenvalue weighted by Crippen LogP contribution is -2.43. The Hall–Kier alpha value is -0.610. The van der Waals surface area contributed by atoms with Crippen molar-refractivity contribution in [3.8, 4) is 0 Å². The van der Waals surface area contributed by atoms with Gasteiger partial charge in [0.2, 0.25) is 0 Å². The minimum absolute atomic E-state index is 0.162. The van der Waals surface area contributed by atoms with Crippen molar-refractivity contribution in [3.05, 3.63) is 0 Å². The molecule has 1 N–H and O–H groups in total. The predicted octanol–water partition coefficient (Wildman–Crippen LogP) is 0.429. The Morgan fingerprint density at radius 3 is 2.85 bits per heavy atom. The number of rotatable bonds is 6. The number of likely N-dealkylation sites (tertiary alicyclic amines) is 1. The van der Waals surface area contributed by atoms with Crippen LogP contribution in [-0.2, 0) is 9.53 Å². The van der Waals surface area contributed by atoms with Gasteiger partial charge in [0.25, 0.3) is 0 Å². The summed E-state index contributed by atoms with van der Waals surface area (Å²) in [4.78, 5) is 12.4. The first-order chi connectivity index (χ1) is 6.18. The van der Waals surface area contributed by atoms with E-state index in [-0.39, 0.29) is 6.61 Å². The zero-order chi connectivity index (χ0) is 9.68. The summed E-state index contributed by atoms with van der Waals surface area (Å²) in [6.45, 7) is 2.77. The second kappa shape index (κ2) is 5.19. The van der Waals surface area contributed by atoms with E-state index in [9.17, 15) is 4.79 Å². The Balaban J connectivity index is 1.82. The maximum Gasteiger partial charge on any atom is 0.329 e. The highest BCUT2D eigenvalue weighted by Gasteiger charge is 2.21. The van der Waals surface area contributed by atoms with Gasteiger partial charge in [-0.25, -0.2) is 4.79 Å². The van der Waals surface area contributed by atoms with E-state index in [1.807, 2.05) is 0 Å². The minimum atomic E-state index is -0.886. The van der Waals surface area contributed by atoms with Crippen molar-refractivity contribution in [1.82, 2.24) is 4.90 Å². The second-order valence-corrected chi connectivity index (χ2v) is 3.68. The fourth-order valence-corrected chi connectivity index (χ4v) is 1.64. The topological polar surface area (TPSA) is 49.8 Å². The summed E-state index contributed by atoms with van der Waals surface area (Å²) < 4.78 is 4.93. The number of aliphatic carboxylic acids is 1. The minimum Gasteiger partial charge on any atom is -0.480 e. The van der Waals surface area contributed by atoms with Gasteiger partial charge < -0.3 is 14.7 Å². The number of hydrogen-bond donors (Lipinski definition) is 1. The molecule has 0 unspecified atom stereocenters. The van der Waals surface area contributed by atoms with Gasteiger partial charge in [0.15, 0.2) is 0 Å². The predicted molar refractivity (Wildman–Crippen MR) is 48.7 cm³/mol. The van der Waals surface area contributed by atoms with Gasteiger partial charge in [0, 0.05) is 19.7 Å². The molecule has 1 saturated heterocycles. The zero-order valence-corrected chi connectivity index (χ0v) is 8.03. The maximum atomic E-state index is 10.1. The van der Waals surface area contributed by atoms with E-state index in [1.54, 1.807) is 0 Å². The number of nitrogens with zero attached hydrogens (tertiary/aromatic N) is 1. The SMILES string of the molecule is CN1CC(CCCOCC(=O)O)C1. The van der Waals surface area contributed by atoms with Gasteiger partial charge in [-0.3, -0.25) is 0 Å². The number of hydrogen-bond acceptors (Lipinski definition) is 3. The molecule has 1 heterocycles. The lowest BCUT2D eigenvalue weighted by molar-refractivity contribution is -0.142. The number of carboxylic acids is 1. The standard InChI is InChI=1S/C9H17NO3/c1-10-5-8(6-10)3-2-4-13-7-9(11)12/h8H,2-7H2,1H3,(H,11,12). The lowest BCUT2D eigenvalue weighted by Gasteiger charge is -2.36. The Labute approximate surface area is 78.5 Å². The van der Waals surface area contributed by atoms with Gasteiger partial charge in [-0.1, -0.05) is 0 Å².